The van der Waals surface area contributed by atoms with E-state index in [-0.39, 0.29) is 5.91 Å². The van der Waals surface area contributed by atoms with Gasteiger partial charge in [-0.3, -0.25) is 4.79 Å². The summed E-state index contributed by atoms with van der Waals surface area (Å²) >= 11 is 0. The molecule has 2 aliphatic heterocycles. The van der Waals surface area contributed by atoms with Gasteiger partial charge in [0.25, 0.3) is 0 Å². The minimum absolute atomic E-state index is 0.0289. The summed E-state index contributed by atoms with van der Waals surface area (Å²) in [6, 6.07) is 3.96. The van der Waals surface area contributed by atoms with Gasteiger partial charge >= 0.3 is 0 Å². The first-order valence-corrected chi connectivity index (χ1v) is 7.97. The second kappa shape index (κ2) is 6.37. The first-order chi connectivity index (χ1) is 11.1. The zero-order chi connectivity index (χ0) is 16.4. The minimum Gasteiger partial charge on any atom is -0.493 e. The first-order valence-electron chi connectivity index (χ1n) is 7.97. The molecule has 126 valence electrons. The van der Waals surface area contributed by atoms with Crippen molar-refractivity contribution in [1.29, 1.82) is 0 Å². The lowest BCUT2D eigenvalue weighted by Crippen LogP contribution is -2.58. The third-order valence-corrected chi connectivity index (χ3v) is 4.82. The van der Waals surface area contributed by atoms with Gasteiger partial charge in [-0.1, -0.05) is 0 Å². The van der Waals surface area contributed by atoms with E-state index in [0.717, 1.165) is 17.7 Å². The lowest BCUT2D eigenvalue weighted by Gasteiger charge is -2.38. The Morgan fingerprint density at radius 3 is 2.39 bits per heavy atom. The molecule has 1 aromatic rings. The number of hydrogen-bond donors (Lipinski definition) is 1. The number of methoxy groups -OCH3 is 2. The van der Waals surface area contributed by atoms with Crippen molar-refractivity contribution in [3.63, 3.8) is 0 Å². The van der Waals surface area contributed by atoms with Crippen molar-refractivity contribution >= 4 is 5.91 Å². The Kier molecular flexibility index (Phi) is 4.46. The lowest BCUT2D eigenvalue weighted by molar-refractivity contribution is -0.141. The molecule has 0 unspecified atom stereocenters. The van der Waals surface area contributed by atoms with Crippen molar-refractivity contribution in [2.75, 3.05) is 34.0 Å². The third kappa shape index (κ3) is 3.01. The van der Waals surface area contributed by atoms with Crippen LogP contribution in [0.4, 0.5) is 0 Å². The molecule has 0 aliphatic carbocycles. The zero-order valence-electron chi connectivity index (χ0n) is 13.8. The fraction of sp³-hybridized carbons (Fsp3) is 0.588. The van der Waals surface area contributed by atoms with E-state index >= 15 is 0 Å². The predicted octanol–water partition coefficient (Wildman–Crippen LogP) is 1.10. The Morgan fingerprint density at radius 2 is 1.78 bits per heavy atom. The van der Waals surface area contributed by atoms with Gasteiger partial charge in [-0.15, -0.1) is 0 Å². The topological polar surface area (TPSA) is 74.0 Å². The first kappa shape index (κ1) is 16.1. The van der Waals surface area contributed by atoms with Gasteiger partial charge in [0.05, 0.1) is 19.8 Å². The summed E-state index contributed by atoms with van der Waals surface area (Å²) < 4.78 is 16.0. The summed E-state index contributed by atoms with van der Waals surface area (Å²) in [4.78, 5) is 14.7. The monoisotopic (exact) mass is 320 g/mol. The fourth-order valence-electron chi connectivity index (χ4n) is 3.32. The summed E-state index contributed by atoms with van der Waals surface area (Å²) in [5, 5.41) is 0. The average molecular weight is 320 g/mol. The highest BCUT2D eigenvalue weighted by Gasteiger charge is 2.39. The molecule has 0 bridgehead atoms. The van der Waals surface area contributed by atoms with Crippen LogP contribution in [0.3, 0.4) is 0 Å². The molecule has 23 heavy (non-hydrogen) atoms. The Morgan fingerprint density at radius 1 is 1.17 bits per heavy atom. The van der Waals surface area contributed by atoms with E-state index in [9.17, 15) is 4.79 Å². The molecule has 0 atom stereocenters. The van der Waals surface area contributed by atoms with Crippen molar-refractivity contribution in [3.8, 4) is 11.5 Å². The van der Waals surface area contributed by atoms with Crippen molar-refractivity contribution < 1.29 is 19.0 Å². The van der Waals surface area contributed by atoms with Gasteiger partial charge in [-0.05, 0) is 42.5 Å². The maximum atomic E-state index is 12.9. The van der Waals surface area contributed by atoms with Crippen LogP contribution in [0, 0.1) is 0 Å². The number of nitrogens with zero attached hydrogens (tertiary/aromatic N) is 1. The molecular weight excluding hydrogens is 296 g/mol. The molecule has 0 spiro atoms. The number of rotatable bonds is 3. The second-order valence-corrected chi connectivity index (χ2v) is 6.22. The van der Waals surface area contributed by atoms with Gasteiger partial charge in [0.15, 0.2) is 11.5 Å². The van der Waals surface area contributed by atoms with Crippen LogP contribution in [0.15, 0.2) is 12.1 Å². The summed E-state index contributed by atoms with van der Waals surface area (Å²) in [5.74, 6) is 1.45. The molecule has 1 saturated heterocycles. The van der Waals surface area contributed by atoms with Crippen LogP contribution in [0.1, 0.15) is 24.0 Å². The van der Waals surface area contributed by atoms with Crippen LogP contribution in [-0.4, -0.2) is 50.3 Å². The summed E-state index contributed by atoms with van der Waals surface area (Å²) in [7, 11) is 3.25. The third-order valence-electron chi connectivity index (χ3n) is 4.82. The number of benzene rings is 1. The molecule has 1 aromatic carbocycles. The Bertz CT molecular complexity index is 597. The molecule has 0 saturated carbocycles. The molecule has 6 heteroatoms. The Labute approximate surface area is 136 Å². The van der Waals surface area contributed by atoms with Crippen molar-refractivity contribution in [2.24, 2.45) is 5.73 Å². The number of carbonyl (C=O) groups is 1. The van der Waals surface area contributed by atoms with Crippen LogP contribution < -0.4 is 15.2 Å². The van der Waals surface area contributed by atoms with E-state index in [1.165, 1.54) is 5.56 Å². The van der Waals surface area contributed by atoms with Crippen LogP contribution in [-0.2, 0) is 22.5 Å². The molecular formula is C17H24N2O4. The largest absolute Gasteiger partial charge is 0.493 e. The number of hydrogen-bond acceptors (Lipinski definition) is 5. The van der Waals surface area contributed by atoms with E-state index in [2.05, 4.69) is 0 Å². The SMILES string of the molecule is COc1cc2c(cc1OC)CN(C(=O)C1(N)CCOCC1)CC2. The highest BCUT2D eigenvalue weighted by Crippen LogP contribution is 2.34. The fourth-order valence-corrected chi connectivity index (χ4v) is 3.32. The van der Waals surface area contributed by atoms with E-state index in [1.807, 2.05) is 17.0 Å². The Hall–Kier alpha value is -1.79. The highest BCUT2D eigenvalue weighted by molar-refractivity contribution is 5.86. The van der Waals surface area contributed by atoms with Crippen LogP contribution >= 0.6 is 0 Å². The van der Waals surface area contributed by atoms with Crippen LogP contribution in [0.25, 0.3) is 0 Å². The number of amides is 1. The quantitative estimate of drug-likeness (QED) is 0.903. The summed E-state index contributed by atoms with van der Waals surface area (Å²) in [5.41, 5.74) is 7.85. The lowest BCUT2D eigenvalue weighted by atomic mass is 9.88. The summed E-state index contributed by atoms with van der Waals surface area (Å²) in [6.45, 7) is 2.35. The van der Waals surface area contributed by atoms with Crippen LogP contribution in [0.5, 0.6) is 11.5 Å². The van der Waals surface area contributed by atoms with Crippen molar-refractivity contribution in [1.82, 2.24) is 4.90 Å². The number of ether oxygens (including phenoxy) is 3. The molecule has 3 rings (SSSR count). The average Bonchev–Trinajstić information content (AvgIpc) is 2.59. The molecule has 1 amide bonds. The molecule has 0 radical (unpaired) electrons. The molecule has 6 nitrogen and oxygen atoms in total. The smallest absolute Gasteiger partial charge is 0.243 e. The zero-order valence-corrected chi connectivity index (χ0v) is 13.8. The molecule has 2 heterocycles. The van der Waals surface area contributed by atoms with Gasteiger partial charge in [0, 0.05) is 26.3 Å². The normalized spacial score (nSPS) is 19.9. The van der Waals surface area contributed by atoms with Crippen molar-refractivity contribution in [2.45, 2.75) is 31.3 Å². The van der Waals surface area contributed by atoms with E-state index < -0.39 is 5.54 Å². The number of fused-ring (bicyclic) bond motifs is 1. The van der Waals surface area contributed by atoms with Gasteiger partial charge in [0.2, 0.25) is 5.91 Å². The van der Waals surface area contributed by atoms with E-state index in [1.54, 1.807) is 14.2 Å². The van der Waals surface area contributed by atoms with Gasteiger partial charge in [-0.2, -0.15) is 0 Å². The maximum absolute atomic E-state index is 12.9. The Balaban J connectivity index is 1.80. The molecule has 1 fully saturated rings. The van der Waals surface area contributed by atoms with Crippen molar-refractivity contribution in [3.05, 3.63) is 23.3 Å². The standard InChI is InChI=1S/C17H24N2O4/c1-21-14-9-12-3-6-19(11-13(12)10-15(14)22-2)16(20)17(18)4-7-23-8-5-17/h9-10H,3-8,11,18H2,1-2H3. The summed E-state index contributed by atoms with van der Waals surface area (Å²) in [6.07, 6.45) is 1.97. The minimum atomic E-state index is -0.785. The maximum Gasteiger partial charge on any atom is 0.243 e. The highest BCUT2D eigenvalue weighted by atomic mass is 16.5. The number of carbonyl (C=O) groups excluding carboxylic acids is 1. The predicted molar refractivity (Wildman–Crippen MR) is 85.6 cm³/mol. The van der Waals surface area contributed by atoms with Crippen LogP contribution in [0.2, 0.25) is 0 Å². The molecule has 0 aromatic heterocycles. The van der Waals surface area contributed by atoms with Gasteiger partial charge in [-0.25, -0.2) is 0 Å². The van der Waals surface area contributed by atoms with Gasteiger partial charge in [0.1, 0.15) is 0 Å². The van der Waals surface area contributed by atoms with Gasteiger partial charge < -0.3 is 24.8 Å². The van der Waals surface area contributed by atoms with E-state index in [0.29, 0.717) is 44.9 Å². The second-order valence-electron chi connectivity index (χ2n) is 6.22. The number of nitrogens with two attached hydrogens (primary N) is 1. The molecule has 2 N–H and O–H groups in total. The van der Waals surface area contributed by atoms with E-state index in [4.69, 9.17) is 19.9 Å². The molecule has 2 aliphatic rings.